The maximum Gasteiger partial charge on any atom is 0.261 e. The van der Waals surface area contributed by atoms with Gasteiger partial charge in [0.05, 0.1) is 0 Å². The molecule has 0 atom stereocenters. The maximum absolute atomic E-state index is 13.7. The Labute approximate surface area is 150 Å². The molecule has 0 aliphatic heterocycles. The van der Waals surface area contributed by atoms with Crippen molar-refractivity contribution in [3.05, 3.63) is 89.2 Å². The molecular weight excluding hydrogens is 369 g/mol. The number of carbonyl (C=O) groups excluding carboxylic acids is 1. The summed E-state index contributed by atoms with van der Waals surface area (Å²) >= 11 is 0. The molecule has 0 saturated carbocycles. The predicted molar refractivity (Wildman–Crippen MR) is 87.1 cm³/mol. The number of hydrogen-bond acceptors (Lipinski definition) is 2. The third kappa shape index (κ3) is 3.74. The Morgan fingerprint density at radius 1 is 0.667 bits per heavy atom. The summed E-state index contributed by atoms with van der Waals surface area (Å²) in [5.41, 5.74) is -1.49. The highest BCUT2D eigenvalue weighted by Gasteiger charge is 2.29. The molecule has 0 fully saturated rings. The molecule has 0 spiro atoms. The van der Waals surface area contributed by atoms with Crippen molar-refractivity contribution in [1.82, 2.24) is 0 Å². The molecule has 1 N–H and O–H groups in total. The number of halogens is 5. The number of benzene rings is 3. The van der Waals surface area contributed by atoms with Gasteiger partial charge in [-0.25, -0.2) is 22.0 Å². The Kier molecular flexibility index (Phi) is 5.07. The molecule has 0 heterocycles. The second-order valence-corrected chi connectivity index (χ2v) is 5.34. The van der Waals surface area contributed by atoms with Crippen LogP contribution in [0.4, 0.5) is 27.6 Å². The van der Waals surface area contributed by atoms with E-state index in [1.54, 1.807) is 24.3 Å². The van der Waals surface area contributed by atoms with Crippen molar-refractivity contribution in [3.63, 3.8) is 0 Å². The van der Waals surface area contributed by atoms with Crippen LogP contribution in [0, 0.1) is 29.1 Å². The van der Waals surface area contributed by atoms with Gasteiger partial charge in [0.25, 0.3) is 5.91 Å². The lowest BCUT2D eigenvalue weighted by molar-refractivity contribution is 0.101. The van der Waals surface area contributed by atoms with E-state index in [1.165, 1.54) is 24.3 Å². The van der Waals surface area contributed by atoms with Crippen LogP contribution in [0.25, 0.3) is 0 Å². The Morgan fingerprint density at radius 2 is 1.15 bits per heavy atom. The lowest BCUT2D eigenvalue weighted by Crippen LogP contribution is -2.19. The van der Waals surface area contributed by atoms with Gasteiger partial charge in [0.1, 0.15) is 17.1 Å². The first-order valence-corrected chi connectivity index (χ1v) is 7.54. The molecule has 1 amide bonds. The number of amides is 1. The highest BCUT2D eigenvalue weighted by molar-refractivity contribution is 6.04. The summed E-state index contributed by atoms with van der Waals surface area (Å²) in [4.78, 5) is 12.0. The second-order valence-electron chi connectivity index (χ2n) is 5.34. The molecule has 0 unspecified atom stereocenters. The zero-order valence-corrected chi connectivity index (χ0v) is 13.4. The quantitative estimate of drug-likeness (QED) is 0.373. The Bertz CT molecular complexity index is 962. The van der Waals surface area contributed by atoms with Gasteiger partial charge in [0, 0.05) is 5.69 Å². The zero-order chi connectivity index (χ0) is 19.6. The Balaban J connectivity index is 1.79. The van der Waals surface area contributed by atoms with Crippen LogP contribution in [-0.2, 0) is 0 Å². The van der Waals surface area contributed by atoms with Crippen molar-refractivity contribution in [2.45, 2.75) is 0 Å². The maximum atomic E-state index is 13.7. The van der Waals surface area contributed by atoms with E-state index in [0.717, 1.165) is 0 Å². The first kappa shape index (κ1) is 18.4. The molecule has 0 bridgehead atoms. The lowest BCUT2D eigenvalue weighted by atomic mass is 10.1. The van der Waals surface area contributed by atoms with Gasteiger partial charge < -0.3 is 10.1 Å². The summed E-state index contributed by atoms with van der Waals surface area (Å²) < 4.78 is 72.3. The van der Waals surface area contributed by atoms with E-state index in [-0.39, 0.29) is 5.69 Å². The summed E-state index contributed by atoms with van der Waals surface area (Å²) in [6.07, 6.45) is 0. The smallest absolute Gasteiger partial charge is 0.261 e. The second kappa shape index (κ2) is 7.45. The number of anilines is 1. The molecule has 138 valence electrons. The summed E-state index contributed by atoms with van der Waals surface area (Å²) in [5.74, 6) is -11.6. The number of ether oxygens (including phenoxy) is 1. The fourth-order valence-electron chi connectivity index (χ4n) is 2.23. The molecule has 3 aromatic carbocycles. The minimum atomic E-state index is -2.33. The molecule has 27 heavy (non-hydrogen) atoms. The molecule has 3 rings (SSSR count). The van der Waals surface area contributed by atoms with E-state index in [2.05, 4.69) is 5.32 Å². The van der Waals surface area contributed by atoms with Crippen LogP contribution < -0.4 is 10.1 Å². The van der Waals surface area contributed by atoms with E-state index < -0.39 is 40.6 Å². The minimum absolute atomic E-state index is 0.0735. The van der Waals surface area contributed by atoms with E-state index in [0.29, 0.717) is 11.5 Å². The number of hydrogen-bond donors (Lipinski definition) is 1. The van der Waals surface area contributed by atoms with Gasteiger partial charge in [-0.15, -0.1) is 0 Å². The molecule has 0 aliphatic rings. The van der Waals surface area contributed by atoms with Gasteiger partial charge >= 0.3 is 0 Å². The lowest BCUT2D eigenvalue weighted by Gasteiger charge is -2.10. The van der Waals surface area contributed by atoms with Crippen molar-refractivity contribution in [2.75, 3.05) is 5.32 Å². The largest absolute Gasteiger partial charge is 0.457 e. The topological polar surface area (TPSA) is 38.3 Å². The normalized spacial score (nSPS) is 10.6. The van der Waals surface area contributed by atoms with E-state index in [9.17, 15) is 26.7 Å². The fourth-order valence-corrected chi connectivity index (χ4v) is 2.23. The minimum Gasteiger partial charge on any atom is -0.457 e. The third-order valence-corrected chi connectivity index (χ3v) is 3.53. The predicted octanol–water partition coefficient (Wildman–Crippen LogP) is 5.43. The number of nitrogens with one attached hydrogen (secondary N) is 1. The molecule has 0 saturated heterocycles. The highest BCUT2D eigenvalue weighted by atomic mass is 19.2. The molecule has 3 nitrogen and oxygen atoms in total. The van der Waals surface area contributed by atoms with Gasteiger partial charge in [-0.2, -0.15) is 0 Å². The third-order valence-electron chi connectivity index (χ3n) is 3.53. The van der Waals surface area contributed by atoms with Crippen molar-refractivity contribution < 1.29 is 31.5 Å². The average Bonchev–Trinajstić information content (AvgIpc) is 2.67. The summed E-state index contributed by atoms with van der Waals surface area (Å²) in [5, 5.41) is 2.07. The van der Waals surface area contributed by atoms with Crippen LogP contribution in [0.2, 0.25) is 0 Å². The average molecular weight is 379 g/mol. The summed E-state index contributed by atoms with van der Waals surface area (Å²) in [6.45, 7) is 0. The van der Waals surface area contributed by atoms with Crippen molar-refractivity contribution >= 4 is 11.6 Å². The Morgan fingerprint density at radius 3 is 1.70 bits per heavy atom. The molecule has 3 aromatic rings. The van der Waals surface area contributed by atoms with Gasteiger partial charge in [-0.05, 0) is 36.4 Å². The number of para-hydroxylation sites is 1. The fraction of sp³-hybridized carbons (Fsp3) is 0. The van der Waals surface area contributed by atoms with Crippen molar-refractivity contribution in [2.24, 2.45) is 0 Å². The molecule has 0 radical (unpaired) electrons. The van der Waals surface area contributed by atoms with Gasteiger partial charge in [-0.3, -0.25) is 4.79 Å². The van der Waals surface area contributed by atoms with Crippen LogP contribution >= 0.6 is 0 Å². The van der Waals surface area contributed by atoms with E-state index in [1.807, 2.05) is 6.07 Å². The van der Waals surface area contributed by atoms with Gasteiger partial charge in [-0.1, -0.05) is 18.2 Å². The molecule has 0 aromatic heterocycles. The molecular formula is C19H10F5NO2. The summed E-state index contributed by atoms with van der Waals surface area (Å²) in [6, 6.07) is 14.4. The van der Waals surface area contributed by atoms with Crippen LogP contribution in [0.1, 0.15) is 10.4 Å². The van der Waals surface area contributed by atoms with Crippen LogP contribution in [0.3, 0.4) is 0 Å². The number of rotatable bonds is 4. The van der Waals surface area contributed by atoms with Crippen LogP contribution in [0.15, 0.2) is 54.6 Å². The first-order chi connectivity index (χ1) is 12.9. The van der Waals surface area contributed by atoms with Crippen LogP contribution in [0.5, 0.6) is 11.5 Å². The standard InChI is InChI=1S/C19H10F5NO2/c20-14-13(15(21)17(23)18(24)16(14)22)19(26)25-10-6-8-12(9-7-10)27-11-4-2-1-3-5-11/h1-9H,(H,25,26). The highest BCUT2D eigenvalue weighted by Crippen LogP contribution is 2.25. The number of carbonyl (C=O) groups is 1. The van der Waals surface area contributed by atoms with Crippen molar-refractivity contribution in [1.29, 1.82) is 0 Å². The van der Waals surface area contributed by atoms with Crippen molar-refractivity contribution in [3.8, 4) is 11.5 Å². The zero-order valence-electron chi connectivity index (χ0n) is 13.4. The Hall–Kier alpha value is -3.42. The monoisotopic (exact) mass is 379 g/mol. The molecule has 0 aliphatic carbocycles. The van der Waals surface area contributed by atoms with E-state index in [4.69, 9.17) is 4.74 Å². The van der Waals surface area contributed by atoms with Crippen LogP contribution in [-0.4, -0.2) is 5.91 Å². The van der Waals surface area contributed by atoms with E-state index >= 15 is 0 Å². The first-order valence-electron chi connectivity index (χ1n) is 7.54. The molecule has 8 heteroatoms. The van der Waals surface area contributed by atoms with Gasteiger partial charge in [0.2, 0.25) is 5.82 Å². The SMILES string of the molecule is O=C(Nc1ccc(Oc2ccccc2)cc1)c1c(F)c(F)c(F)c(F)c1F. The van der Waals surface area contributed by atoms with Gasteiger partial charge in [0.15, 0.2) is 23.3 Å². The summed E-state index contributed by atoms with van der Waals surface area (Å²) in [7, 11) is 0.